The molecular weight excluding hydrogens is 413 g/mol. The molecule has 29 heavy (non-hydrogen) atoms. The minimum Gasteiger partial charge on any atom is -0.467 e. The lowest BCUT2D eigenvalue weighted by atomic mass is 9.92. The minimum atomic E-state index is -0.613. The zero-order valence-corrected chi connectivity index (χ0v) is 17.7. The van der Waals surface area contributed by atoms with Gasteiger partial charge in [-0.1, -0.05) is 47.5 Å². The molecule has 0 fully saturated rings. The number of ether oxygens (including phenoxy) is 1. The number of carbonyl (C=O) groups is 2. The van der Waals surface area contributed by atoms with Crippen LogP contribution in [0.25, 0.3) is 0 Å². The lowest BCUT2D eigenvalue weighted by Gasteiger charge is -2.33. The molecule has 0 saturated heterocycles. The number of hydrogen-bond acceptors (Lipinski definition) is 5. The summed E-state index contributed by atoms with van der Waals surface area (Å²) in [6, 6.07) is 9.79. The molecule has 154 valence electrons. The summed E-state index contributed by atoms with van der Waals surface area (Å²) in [7, 11) is 1.32. The first-order chi connectivity index (χ1) is 13.8. The van der Waals surface area contributed by atoms with Gasteiger partial charge in [0.1, 0.15) is 6.04 Å². The molecule has 3 rings (SSSR count). The molecule has 0 aromatic heterocycles. The van der Waals surface area contributed by atoms with Crippen molar-refractivity contribution in [3.8, 4) is 0 Å². The van der Waals surface area contributed by atoms with Crippen LogP contribution < -0.4 is 16.4 Å². The number of fused-ring (bicyclic) bond motifs is 1. The van der Waals surface area contributed by atoms with Crippen molar-refractivity contribution in [2.75, 3.05) is 12.4 Å². The fourth-order valence-corrected chi connectivity index (χ4v) is 4.08. The Morgan fingerprint density at radius 3 is 2.59 bits per heavy atom. The molecule has 0 saturated carbocycles. The SMILES string of the molecule is COC(=O)C1CC(NC(=O)Cc2ccc(C(C)N)cc2)c2c(Cl)cc(Cl)cc2N1. The van der Waals surface area contributed by atoms with Gasteiger partial charge >= 0.3 is 5.97 Å². The molecule has 0 bridgehead atoms. The van der Waals surface area contributed by atoms with Crippen molar-refractivity contribution in [2.24, 2.45) is 5.73 Å². The van der Waals surface area contributed by atoms with Gasteiger partial charge in [-0.05, 0) is 30.2 Å². The number of nitrogens with two attached hydrogens (primary N) is 1. The van der Waals surface area contributed by atoms with Crippen LogP contribution in [-0.4, -0.2) is 25.0 Å². The van der Waals surface area contributed by atoms with E-state index in [2.05, 4.69) is 10.6 Å². The Morgan fingerprint density at radius 1 is 1.28 bits per heavy atom. The van der Waals surface area contributed by atoms with Crippen molar-refractivity contribution in [1.29, 1.82) is 0 Å². The standard InChI is InChI=1S/C21H23Cl2N3O3/c1-11(24)13-5-3-12(4-6-13)7-19(27)26-17-10-18(21(28)29-2)25-16-9-14(22)8-15(23)20(16)17/h3-6,8-9,11,17-18,25H,7,10,24H2,1-2H3,(H,26,27). The molecule has 4 N–H and O–H groups in total. The highest BCUT2D eigenvalue weighted by Crippen LogP contribution is 2.40. The Balaban J connectivity index is 1.79. The third-order valence-electron chi connectivity index (χ3n) is 4.94. The van der Waals surface area contributed by atoms with E-state index in [0.29, 0.717) is 27.7 Å². The van der Waals surface area contributed by atoms with Crippen LogP contribution in [-0.2, 0) is 20.7 Å². The molecule has 2 aromatic carbocycles. The van der Waals surface area contributed by atoms with Gasteiger partial charge in [0.05, 0.1) is 19.6 Å². The molecule has 1 aliphatic rings. The molecule has 3 atom stereocenters. The van der Waals surface area contributed by atoms with E-state index in [0.717, 1.165) is 11.1 Å². The van der Waals surface area contributed by atoms with Gasteiger partial charge in [0, 0.05) is 33.8 Å². The molecule has 3 unspecified atom stereocenters. The number of halogens is 2. The number of rotatable bonds is 5. The van der Waals surface area contributed by atoms with Crippen LogP contribution in [0.2, 0.25) is 10.0 Å². The number of benzene rings is 2. The minimum absolute atomic E-state index is 0.0617. The largest absolute Gasteiger partial charge is 0.467 e. The first-order valence-corrected chi connectivity index (χ1v) is 10.0. The first kappa shape index (κ1) is 21.4. The fraction of sp³-hybridized carbons (Fsp3) is 0.333. The maximum Gasteiger partial charge on any atom is 0.328 e. The molecule has 2 aromatic rings. The van der Waals surface area contributed by atoms with E-state index in [1.165, 1.54) is 7.11 Å². The number of carbonyl (C=O) groups excluding carboxylic acids is 2. The van der Waals surface area contributed by atoms with E-state index >= 15 is 0 Å². The Kier molecular flexibility index (Phi) is 6.67. The highest BCUT2D eigenvalue weighted by molar-refractivity contribution is 6.35. The summed E-state index contributed by atoms with van der Waals surface area (Å²) in [5, 5.41) is 6.95. The molecule has 0 spiro atoms. The highest BCUT2D eigenvalue weighted by Gasteiger charge is 2.34. The highest BCUT2D eigenvalue weighted by atomic mass is 35.5. The van der Waals surface area contributed by atoms with E-state index in [4.69, 9.17) is 33.7 Å². The Morgan fingerprint density at radius 2 is 1.97 bits per heavy atom. The average Bonchev–Trinajstić information content (AvgIpc) is 2.66. The molecule has 1 aliphatic heterocycles. The van der Waals surface area contributed by atoms with Crippen molar-refractivity contribution in [2.45, 2.75) is 37.9 Å². The normalized spacial score (nSPS) is 18.9. The molecule has 1 amide bonds. The molecule has 0 radical (unpaired) electrons. The Labute approximate surface area is 179 Å². The van der Waals surface area contributed by atoms with Gasteiger partial charge in [0.2, 0.25) is 5.91 Å². The van der Waals surface area contributed by atoms with Gasteiger partial charge in [-0.15, -0.1) is 0 Å². The van der Waals surface area contributed by atoms with Crippen LogP contribution in [0.5, 0.6) is 0 Å². The van der Waals surface area contributed by atoms with Gasteiger partial charge < -0.3 is 21.1 Å². The zero-order valence-electron chi connectivity index (χ0n) is 16.2. The maximum atomic E-state index is 12.7. The lowest BCUT2D eigenvalue weighted by Crippen LogP contribution is -2.42. The quantitative estimate of drug-likeness (QED) is 0.621. The van der Waals surface area contributed by atoms with E-state index in [1.807, 2.05) is 31.2 Å². The second-order valence-electron chi connectivity index (χ2n) is 7.13. The molecule has 8 heteroatoms. The summed E-state index contributed by atoms with van der Waals surface area (Å²) >= 11 is 12.5. The Hall–Kier alpha value is -2.28. The summed E-state index contributed by atoms with van der Waals surface area (Å²) in [6.45, 7) is 1.91. The smallest absolute Gasteiger partial charge is 0.328 e. The predicted molar refractivity (Wildman–Crippen MR) is 114 cm³/mol. The summed E-state index contributed by atoms with van der Waals surface area (Å²) < 4.78 is 4.85. The van der Waals surface area contributed by atoms with Crippen LogP contribution in [0.4, 0.5) is 5.69 Å². The number of amides is 1. The van der Waals surface area contributed by atoms with Crippen LogP contribution in [0.3, 0.4) is 0 Å². The van der Waals surface area contributed by atoms with Gasteiger partial charge in [-0.3, -0.25) is 4.79 Å². The summed E-state index contributed by atoms with van der Waals surface area (Å²) in [5.74, 6) is -0.594. The maximum absolute atomic E-state index is 12.7. The van der Waals surface area contributed by atoms with E-state index in [1.54, 1.807) is 12.1 Å². The first-order valence-electron chi connectivity index (χ1n) is 9.25. The van der Waals surface area contributed by atoms with Crippen molar-refractivity contribution in [1.82, 2.24) is 5.32 Å². The van der Waals surface area contributed by atoms with E-state index < -0.39 is 18.1 Å². The van der Waals surface area contributed by atoms with Crippen molar-refractivity contribution >= 4 is 40.8 Å². The number of esters is 1. The summed E-state index contributed by atoms with van der Waals surface area (Å²) in [5.41, 5.74) is 9.05. The third kappa shape index (κ3) is 5.01. The number of anilines is 1. The third-order valence-corrected chi connectivity index (χ3v) is 5.47. The number of nitrogens with one attached hydrogen (secondary N) is 2. The van der Waals surface area contributed by atoms with Crippen molar-refractivity contribution in [3.63, 3.8) is 0 Å². The molecule has 1 heterocycles. The van der Waals surface area contributed by atoms with Gasteiger partial charge in [0.25, 0.3) is 0 Å². The second-order valence-corrected chi connectivity index (χ2v) is 7.98. The average molecular weight is 436 g/mol. The van der Waals surface area contributed by atoms with Gasteiger partial charge in [0.15, 0.2) is 0 Å². The topological polar surface area (TPSA) is 93.5 Å². The number of methoxy groups -OCH3 is 1. The van der Waals surface area contributed by atoms with Crippen LogP contribution in [0.15, 0.2) is 36.4 Å². The fourth-order valence-electron chi connectivity index (χ4n) is 3.46. The predicted octanol–water partition coefficient (Wildman–Crippen LogP) is 3.77. The van der Waals surface area contributed by atoms with Crippen LogP contribution in [0, 0.1) is 0 Å². The molecule has 0 aliphatic carbocycles. The van der Waals surface area contributed by atoms with Gasteiger partial charge in [-0.25, -0.2) is 4.79 Å². The summed E-state index contributed by atoms with van der Waals surface area (Å²) in [4.78, 5) is 24.8. The second kappa shape index (κ2) is 9.03. The summed E-state index contributed by atoms with van der Waals surface area (Å²) in [6.07, 6.45) is 0.517. The van der Waals surface area contributed by atoms with E-state index in [9.17, 15) is 9.59 Å². The molecular formula is C21H23Cl2N3O3. The van der Waals surface area contributed by atoms with E-state index in [-0.39, 0.29) is 18.4 Å². The van der Waals surface area contributed by atoms with Crippen molar-refractivity contribution in [3.05, 3.63) is 63.1 Å². The lowest BCUT2D eigenvalue weighted by molar-refractivity contribution is -0.142. The van der Waals surface area contributed by atoms with Crippen LogP contribution >= 0.6 is 23.2 Å². The van der Waals surface area contributed by atoms with Crippen molar-refractivity contribution < 1.29 is 14.3 Å². The monoisotopic (exact) mass is 435 g/mol. The Bertz CT molecular complexity index is 916. The van der Waals surface area contributed by atoms with Gasteiger partial charge in [-0.2, -0.15) is 0 Å². The zero-order chi connectivity index (χ0) is 21.1. The molecule has 6 nitrogen and oxygen atoms in total. The van der Waals surface area contributed by atoms with Crippen LogP contribution in [0.1, 0.15) is 42.1 Å². The number of hydrogen-bond donors (Lipinski definition) is 3.